The standard InChI is InChI=1S/C14H10ClNO3/c1-19-14(18)10-7-11(15)12(8-17)16-13(10)9-5-3-2-4-6-9/h2-8H,1H3. The zero-order valence-corrected chi connectivity index (χ0v) is 10.8. The smallest absolute Gasteiger partial charge is 0.340 e. The molecule has 0 unspecified atom stereocenters. The van der Waals surface area contributed by atoms with Crippen LogP contribution >= 0.6 is 11.6 Å². The summed E-state index contributed by atoms with van der Waals surface area (Å²) in [5, 5.41) is 0.120. The van der Waals surface area contributed by atoms with Crippen LogP contribution in [0.4, 0.5) is 0 Å². The molecule has 0 aliphatic heterocycles. The van der Waals surface area contributed by atoms with E-state index in [-0.39, 0.29) is 16.3 Å². The van der Waals surface area contributed by atoms with Gasteiger partial charge in [0.05, 0.1) is 23.4 Å². The first-order valence-corrected chi connectivity index (χ1v) is 5.84. The highest BCUT2D eigenvalue weighted by atomic mass is 35.5. The van der Waals surface area contributed by atoms with Gasteiger partial charge in [-0.25, -0.2) is 9.78 Å². The molecule has 0 spiro atoms. The van der Waals surface area contributed by atoms with E-state index in [1.54, 1.807) is 12.1 Å². The van der Waals surface area contributed by atoms with Gasteiger partial charge in [0, 0.05) is 5.56 Å². The van der Waals surface area contributed by atoms with E-state index >= 15 is 0 Å². The summed E-state index contributed by atoms with van der Waals surface area (Å²) in [7, 11) is 1.28. The molecule has 1 heterocycles. The van der Waals surface area contributed by atoms with Crippen LogP contribution in [0.2, 0.25) is 5.02 Å². The molecule has 0 N–H and O–H groups in total. The third kappa shape index (κ3) is 2.63. The average molecular weight is 276 g/mol. The van der Waals surface area contributed by atoms with Crippen molar-refractivity contribution in [2.45, 2.75) is 0 Å². The molecule has 0 aliphatic rings. The van der Waals surface area contributed by atoms with E-state index in [4.69, 9.17) is 16.3 Å². The zero-order chi connectivity index (χ0) is 13.8. The van der Waals surface area contributed by atoms with E-state index in [0.29, 0.717) is 17.5 Å². The van der Waals surface area contributed by atoms with Crippen LogP contribution in [-0.4, -0.2) is 24.3 Å². The zero-order valence-electron chi connectivity index (χ0n) is 10.1. The number of pyridine rings is 1. The lowest BCUT2D eigenvalue weighted by Crippen LogP contribution is -2.07. The van der Waals surface area contributed by atoms with Gasteiger partial charge in [-0.2, -0.15) is 0 Å². The molecule has 0 bridgehead atoms. The van der Waals surface area contributed by atoms with Gasteiger partial charge < -0.3 is 4.74 Å². The third-order valence-corrected chi connectivity index (χ3v) is 2.87. The summed E-state index contributed by atoms with van der Waals surface area (Å²) in [6.45, 7) is 0. The second-order valence-corrected chi connectivity index (χ2v) is 4.13. The summed E-state index contributed by atoms with van der Waals surface area (Å²) in [6.07, 6.45) is 0.551. The number of halogens is 1. The molecule has 2 rings (SSSR count). The number of carbonyl (C=O) groups excluding carboxylic acids is 2. The van der Waals surface area contributed by atoms with Crippen molar-refractivity contribution in [2.75, 3.05) is 7.11 Å². The number of aldehydes is 1. The summed E-state index contributed by atoms with van der Waals surface area (Å²) >= 11 is 5.89. The topological polar surface area (TPSA) is 56.3 Å². The summed E-state index contributed by atoms with van der Waals surface area (Å²) < 4.78 is 4.70. The number of esters is 1. The minimum absolute atomic E-state index is 0.0909. The maximum atomic E-state index is 11.8. The van der Waals surface area contributed by atoms with Gasteiger partial charge in [-0.15, -0.1) is 0 Å². The number of aromatic nitrogens is 1. The molecule has 0 fully saturated rings. The monoisotopic (exact) mass is 275 g/mol. The van der Waals surface area contributed by atoms with Crippen LogP contribution in [-0.2, 0) is 4.74 Å². The highest BCUT2D eigenvalue weighted by molar-refractivity contribution is 6.33. The van der Waals surface area contributed by atoms with Crippen LogP contribution in [0.1, 0.15) is 20.8 Å². The highest BCUT2D eigenvalue weighted by Crippen LogP contribution is 2.26. The molecule has 0 atom stereocenters. The molecule has 19 heavy (non-hydrogen) atoms. The first-order chi connectivity index (χ1) is 9.17. The van der Waals surface area contributed by atoms with Crippen LogP contribution in [0, 0.1) is 0 Å². The normalized spacial score (nSPS) is 10.0. The van der Waals surface area contributed by atoms with E-state index < -0.39 is 5.97 Å². The van der Waals surface area contributed by atoms with Gasteiger partial charge in [0.25, 0.3) is 0 Å². The Bertz CT molecular complexity index is 626. The van der Waals surface area contributed by atoms with Crippen molar-refractivity contribution in [3.63, 3.8) is 0 Å². The Hall–Kier alpha value is -2.20. The number of carbonyl (C=O) groups is 2. The molecular formula is C14H10ClNO3. The van der Waals surface area contributed by atoms with E-state index in [0.717, 1.165) is 0 Å². The molecule has 0 amide bonds. The largest absolute Gasteiger partial charge is 0.465 e. The number of benzene rings is 1. The van der Waals surface area contributed by atoms with Crippen LogP contribution < -0.4 is 0 Å². The Balaban J connectivity index is 2.69. The Labute approximate surface area is 115 Å². The number of methoxy groups -OCH3 is 1. The lowest BCUT2D eigenvalue weighted by molar-refractivity contribution is 0.0601. The average Bonchev–Trinajstić information content (AvgIpc) is 2.47. The van der Waals surface area contributed by atoms with Crippen LogP contribution in [0.25, 0.3) is 11.3 Å². The molecule has 1 aromatic heterocycles. The molecule has 1 aromatic carbocycles. The summed E-state index contributed by atoms with van der Waals surface area (Å²) in [6, 6.07) is 10.4. The van der Waals surface area contributed by atoms with Crippen LogP contribution in [0.5, 0.6) is 0 Å². The number of hydrogen-bond acceptors (Lipinski definition) is 4. The highest BCUT2D eigenvalue weighted by Gasteiger charge is 2.18. The number of ether oxygens (including phenoxy) is 1. The van der Waals surface area contributed by atoms with Gasteiger partial charge in [0.2, 0.25) is 0 Å². The van der Waals surface area contributed by atoms with Crippen molar-refractivity contribution in [1.82, 2.24) is 4.98 Å². The minimum Gasteiger partial charge on any atom is -0.465 e. The lowest BCUT2D eigenvalue weighted by atomic mass is 10.1. The predicted molar refractivity (Wildman–Crippen MR) is 71.4 cm³/mol. The van der Waals surface area contributed by atoms with E-state index in [2.05, 4.69) is 4.98 Å². The quantitative estimate of drug-likeness (QED) is 0.638. The third-order valence-electron chi connectivity index (χ3n) is 2.57. The van der Waals surface area contributed by atoms with Gasteiger partial charge in [0.15, 0.2) is 6.29 Å². The minimum atomic E-state index is -0.550. The Morgan fingerprint density at radius 3 is 2.58 bits per heavy atom. The van der Waals surface area contributed by atoms with E-state index in [1.807, 2.05) is 18.2 Å². The van der Waals surface area contributed by atoms with Gasteiger partial charge in [-0.1, -0.05) is 41.9 Å². The summed E-state index contributed by atoms with van der Waals surface area (Å²) in [4.78, 5) is 26.8. The summed E-state index contributed by atoms with van der Waals surface area (Å²) in [5.74, 6) is -0.550. The Morgan fingerprint density at radius 1 is 1.32 bits per heavy atom. The first kappa shape index (κ1) is 13.2. The Kier molecular flexibility index (Phi) is 3.92. The molecule has 96 valence electrons. The maximum absolute atomic E-state index is 11.8. The molecule has 0 saturated heterocycles. The fraction of sp³-hybridized carbons (Fsp3) is 0.0714. The van der Waals surface area contributed by atoms with Gasteiger partial charge in [0.1, 0.15) is 5.69 Å². The predicted octanol–water partition coefficient (Wildman–Crippen LogP) is 3.00. The maximum Gasteiger partial charge on any atom is 0.340 e. The van der Waals surface area contributed by atoms with Gasteiger partial charge in [-0.05, 0) is 6.07 Å². The molecule has 0 aliphatic carbocycles. The molecule has 0 saturated carbocycles. The first-order valence-electron chi connectivity index (χ1n) is 5.47. The second kappa shape index (κ2) is 5.63. The Morgan fingerprint density at radius 2 is 2.00 bits per heavy atom. The van der Waals surface area contributed by atoms with Crippen molar-refractivity contribution >= 4 is 23.9 Å². The SMILES string of the molecule is COC(=O)c1cc(Cl)c(C=O)nc1-c1ccccc1. The van der Waals surface area contributed by atoms with Crippen molar-refractivity contribution < 1.29 is 14.3 Å². The van der Waals surface area contributed by atoms with Crippen molar-refractivity contribution in [1.29, 1.82) is 0 Å². The van der Waals surface area contributed by atoms with Crippen molar-refractivity contribution in [3.05, 3.63) is 52.7 Å². The fourth-order valence-corrected chi connectivity index (χ4v) is 1.86. The fourth-order valence-electron chi connectivity index (χ4n) is 1.67. The van der Waals surface area contributed by atoms with E-state index in [9.17, 15) is 9.59 Å². The van der Waals surface area contributed by atoms with Crippen LogP contribution in [0.3, 0.4) is 0 Å². The van der Waals surface area contributed by atoms with Crippen LogP contribution in [0.15, 0.2) is 36.4 Å². The van der Waals surface area contributed by atoms with Crippen molar-refractivity contribution in [2.24, 2.45) is 0 Å². The number of hydrogen-bond donors (Lipinski definition) is 0. The number of nitrogens with zero attached hydrogens (tertiary/aromatic N) is 1. The van der Waals surface area contributed by atoms with Gasteiger partial charge in [-0.3, -0.25) is 4.79 Å². The molecule has 5 heteroatoms. The lowest BCUT2D eigenvalue weighted by Gasteiger charge is -2.09. The number of rotatable bonds is 3. The molecule has 2 aromatic rings. The molecule has 4 nitrogen and oxygen atoms in total. The van der Waals surface area contributed by atoms with Gasteiger partial charge >= 0.3 is 5.97 Å². The summed E-state index contributed by atoms with van der Waals surface area (Å²) in [5.41, 5.74) is 1.40. The molecule has 0 radical (unpaired) electrons. The second-order valence-electron chi connectivity index (χ2n) is 3.73. The van der Waals surface area contributed by atoms with Crippen molar-refractivity contribution in [3.8, 4) is 11.3 Å². The molecular weight excluding hydrogens is 266 g/mol. The van der Waals surface area contributed by atoms with E-state index in [1.165, 1.54) is 13.2 Å².